The fourth-order valence-corrected chi connectivity index (χ4v) is 4.59. The Kier molecular flexibility index (Phi) is 6.99. The molecule has 0 spiro atoms. The van der Waals surface area contributed by atoms with E-state index < -0.39 is 27.4 Å². The van der Waals surface area contributed by atoms with E-state index in [0.29, 0.717) is 5.75 Å². The van der Waals surface area contributed by atoms with Gasteiger partial charge in [-0.15, -0.1) is 0 Å². The van der Waals surface area contributed by atoms with E-state index in [9.17, 15) is 13.2 Å². The number of hydroxylamine groups is 1. The molecular formula is C17H28N2O5S. The first kappa shape index (κ1) is 21.4. The van der Waals surface area contributed by atoms with Crippen molar-refractivity contribution in [2.45, 2.75) is 45.6 Å². The summed E-state index contributed by atoms with van der Waals surface area (Å²) in [6.07, 6.45) is 0. The van der Waals surface area contributed by atoms with Crippen molar-refractivity contribution in [1.82, 2.24) is 9.79 Å². The molecule has 25 heavy (non-hydrogen) atoms. The van der Waals surface area contributed by atoms with Crippen molar-refractivity contribution in [2.75, 3.05) is 13.7 Å². The largest absolute Gasteiger partial charge is 0.497 e. The van der Waals surface area contributed by atoms with Gasteiger partial charge in [0, 0.05) is 12.6 Å². The molecule has 0 aromatic heterocycles. The number of amides is 1. The average molecular weight is 372 g/mol. The molecule has 1 atom stereocenters. The maximum atomic E-state index is 13.3. The lowest BCUT2D eigenvalue weighted by Crippen LogP contribution is -2.56. The Balaban J connectivity index is 3.53. The van der Waals surface area contributed by atoms with Crippen LogP contribution in [-0.2, 0) is 14.8 Å². The maximum Gasteiger partial charge on any atom is 0.262 e. The lowest BCUT2D eigenvalue weighted by Gasteiger charge is -2.38. The van der Waals surface area contributed by atoms with E-state index in [1.807, 2.05) is 13.8 Å². The molecule has 0 bridgehead atoms. The van der Waals surface area contributed by atoms with Crippen molar-refractivity contribution in [3.8, 4) is 5.75 Å². The Bertz CT molecular complexity index is 695. The summed E-state index contributed by atoms with van der Waals surface area (Å²) in [5.74, 6) is -0.374. The highest BCUT2D eigenvalue weighted by Gasteiger charge is 2.43. The summed E-state index contributed by atoms with van der Waals surface area (Å²) in [6.45, 7) is 9.12. The normalized spacial score (nSPS) is 13.8. The van der Waals surface area contributed by atoms with Gasteiger partial charge in [0.2, 0.25) is 10.0 Å². The van der Waals surface area contributed by atoms with Gasteiger partial charge in [0.15, 0.2) is 0 Å². The van der Waals surface area contributed by atoms with Gasteiger partial charge in [0.25, 0.3) is 5.91 Å². The number of ether oxygens (including phenoxy) is 1. The van der Waals surface area contributed by atoms with Crippen molar-refractivity contribution in [3.63, 3.8) is 0 Å². The summed E-state index contributed by atoms with van der Waals surface area (Å²) in [5.41, 5.74) is 0.873. The van der Waals surface area contributed by atoms with Crippen LogP contribution in [0.5, 0.6) is 5.75 Å². The molecule has 1 rings (SSSR count). The lowest BCUT2D eigenvalue weighted by atomic mass is 9.86. The summed E-state index contributed by atoms with van der Waals surface area (Å²) < 4.78 is 32.8. The molecule has 0 unspecified atom stereocenters. The average Bonchev–Trinajstić information content (AvgIpc) is 2.52. The second-order valence-corrected chi connectivity index (χ2v) is 9.28. The molecule has 0 aliphatic rings. The molecule has 8 heteroatoms. The summed E-state index contributed by atoms with van der Waals surface area (Å²) in [7, 11) is -2.53. The number of hydrogen-bond acceptors (Lipinski definition) is 5. The van der Waals surface area contributed by atoms with Gasteiger partial charge in [-0.25, -0.2) is 13.9 Å². The van der Waals surface area contributed by atoms with Crippen molar-refractivity contribution in [2.24, 2.45) is 11.3 Å². The van der Waals surface area contributed by atoms with E-state index in [4.69, 9.17) is 9.94 Å². The summed E-state index contributed by atoms with van der Waals surface area (Å²) in [6, 6.07) is 5.03. The Labute approximate surface area is 150 Å². The Morgan fingerprint density at radius 3 is 2.36 bits per heavy atom. The molecular weight excluding hydrogens is 344 g/mol. The highest BCUT2D eigenvalue weighted by atomic mass is 32.2. The highest BCUT2D eigenvalue weighted by Crippen LogP contribution is 2.31. The Hall–Kier alpha value is -1.64. The van der Waals surface area contributed by atoms with Gasteiger partial charge in [-0.1, -0.05) is 40.7 Å². The minimum atomic E-state index is -3.98. The van der Waals surface area contributed by atoms with Crippen LogP contribution in [0.2, 0.25) is 0 Å². The van der Waals surface area contributed by atoms with Crippen LogP contribution in [0, 0.1) is 11.3 Å². The second kappa shape index (κ2) is 8.16. The molecule has 1 amide bonds. The number of rotatable bonds is 7. The van der Waals surface area contributed by atoms with E-state index in [-0.39, 0.29) is 17.4 Å². The molecule has 0 aliphatic heterocycles. The molecule has 0 radical (unpaired) electrons. The van der Waals surface area contributed by atoms with Crippen molar-refractivity contribution in [3.05, 3.63) is 24.3 Å². The Morgan fingerprint density at radius 2 is 1.92 bits per heavy atom. The summed E-state index contributed by atoms with van der Waals surface area (Å²) in [5, 5.41) is 9.13. The van der Waals surface area contributed by atoms with Crippen LogP contribution in [0.3, 0.4) is 0 Å². The van der Waals surface area contributed by atoms with E-state index in [1.165, 1.54) is 19.2 Å². The SMILES string of the molecule is COc1cccc(S(=O)(=O)N(CC(C)C)[C@@H](C(=O)NO)C(C)(C)C)c1. The van der Waals surface area contributed by atoms with E-state index in [2.05, 4.69) is 0 Å². The summed E-state index contributed by atoms with van der Waals surface area (Å²) in [4.78, 5) is 12.3. The van der Waals surface area contributed by atoms with Crippen LogP contribution in [0.15, 0.2) is 29.2 Å². The quantitative estimate of drug-likeness (QED) is 0.565. The molecule has 1 aromatic carbocycles. The summed E-state index contributed by atoms with van der Waals surface area (Å²) >= 11 is 0. The zero-order chi connectivity index (χ0) is 19.4. The zero-order valence-corrected chi connectivity index (χ0v) is 16.4. The molecule has 0 heterocycles. The standard InChI is InChI=1S/C17H28N2O5S/c1-12(2)11-19(15(16(20)18-21)17(3,4)5)25(22,23)14-9-7-8-13(10-14)24-6/h7-10,12,15,21H,11H2,1-6H3,(H,18,20)/t15-/m0/s1. The molecule has 7 nitrogen and oxygen atoms in total. The van der Waals surface area contributed by atoms with Crippen molar-refractivity contribution >= 4 is 15.9 Å². The Morgan fingerprint density at radius 1 is 1.32 bits per heavy atom. The first-order valence-electron chi connectivity index (χ1n) is 8.05. The topological polar surface area (TPSA) is 95.9 Å². The van der Waals surface area contributed by atoms with Gasteiger partial charge >= 0.3 is 0 Å². The number of sulfonamides is 1. The fourth-order valence-electron chi connectivity index (χ4n) is 2.62. The monoisotopic (exact) mass is 372 g/mol. The number of benzene rings is 1. The van der Waals surface area contributed by atoms with Gasteiger partial charge in [-0.3, -0.25) is 10.0 Å². The van der Waals surface area contributed by atoms with Crippen molar-refractivity contribution in [1.29, 1.82) is 0 Å². The van der Waals surface area contributed by atoms with E-state index >= 15 is 0 Å². The number of nitrogens with zero attached hydrogens (tertiary/aromatic N) is 1. The van der Waals surface area contributed by atoms with Crippen molar-refractivity contribution < 1.29 is 23.2 Å². The third kappa shape index (κ3) is 5.17. The van der Waals surface area contributed by atoms with Gasteiger partial charge in [-0.2, -0.15) is 4.31 Å². The second-order valence-electron chi connectivity index (χ2n) is 7.39. The number of carbonyl (C=O) groups excluding carboxylic acids is 1. The minimum absolute atomic E-state index is 0.0169. The third-order valence-corrected chi connectivity index (χ3v) is 5.49. The third-order valence-electron chi connectivity index (χ3n) is 3.66. The van der Waals surface area contributed by atoms with Crippen LogP contribution in [-0.4, -0.2) is 43.5 Å². The van der Waals surface area contributed by atoms with E-state index in [1.54, 1.807) is 38.4 Å². The molecule has 2 N–H and O–H groups in total. The first-order chi connectivity index (χ1) is 11.4. The van der Waals surface area contributed by atoms with Crippen LogP contribution in [0.4, 0.5) is 0 Å². The molecule has 142 valence electrons. The number of carbonyl (C=O) groups is 1. The highest BCUT2D eigenvalue weighted by molar-refractivity contribution is 7.89. The molecule has 0 aliphatic carbocycles. The van der Waals surface area contributed by atoms with Crippen LogP contribution >= 0.6 is 0 Å². The van der Waals surface area contributed by atoms with Crippen LogP contribution < -0.4 is 10.2 Å². The van der Waals surface area contributed by atoms with Gasteiger partial charge in [0.05, 0.1) is 12.0 Å². The van der Waals surface area contributed by atoms with Crippen LogP contribution in [0.1, 0.15) is 34.6 Å². The van der Waals surface area contributed by atoms with Crippen LogP contribution in [0.25, 0.3) is 0 Å². The zero-order valence-electron chi connectivity index (χ0n) is 15.6. The number of nitrogens with one attached hydrogen (secondary N) is 1. The van der Waals surface area contributed by atoms with E-state index in [0.717, 1.165) is 4.31 Å². The minimum Gasteiger partial charge on any atom is -0.497 e. The smallest absolute Gasteiger partial charge is 0.262 e. The predicted molar refractivity (Wildman–Crippen MR) is 94.9 cm³/mol. The maximum absolute atomic E-state index is 13.3. The molecule has 0 saturated heterocycles. The first-order valence-corrected chi connectivity index (χ1v) is 9.49. The molecule has 1 aromatic rings. The van der Waals surface area contributed by atoms with Gasteiger partial charge < -0.3 is 4.74 Å². The predicted octanol–water partition coefficient (Wildman–Crippen LogP) is 2.26. The van der Waals surface area contributed by atoms with Gasteiger partial charge in [-0.05, 0) is 23.5 Å². The fraction of sp³-hybridized carbons (Fsp3) is 0.588. The lowest BCUT2D eigenvalue weighted by molar-refractivity contribution is -0.136. The molecule has 0 fully saturated rings. The number of hydrogen-bond donors (Lipinski definition) is 2. The van der Waals surface area contributed by atoms with Gasteiger partial charge in [0.1, 0.15) is 11.8 Å². The number of methoxy groups -OCH3 is 1. The molecule has 0 saturated carbocycles.